The van der Waals surface area contributed by atoms with E-state index in [9.17, 15) is 19.2 Å². The van der Waals surface area contributed by atoms with E-state index in [1.165, 1.54) is 19.2 Å². The van der Waals surface area contributed by atoms with Gasteiger partial charge in [-0.05, 0) is 47.8 Å². The van der Waals surface area contributed by atoms with E-state index in [0.29, 0.717) is 17.9 Å². The van der Waals surface area contributed by atoms with E-state index in [4.69, 9.17) is 34.2 Å². The monoisotopic (exact) mass is 595 g/mol. The van der Waals surface area contributed by atoms with Crippen LogP contribution in [0, 0.1) is 16.7 Å². The molecule has 11 heteroatoms. The zero-order valence-corrected chi connectivity index (χ0v) is 26.8. The van der Waals surface area contributed by atoms with Crippen LogP contribution < -0.4 is 15.2 Å². The minimum absolute atomic E-state index is 0.0334. The Bertz CT molecular complexity index is 1070. The number of hydrogen-bond donors (Lipinski definition) is 1. The van der Waals surface area contributed by atoms with Crippen molar-refractivity contribution in [2.45, 2.75) is 99.6 Å². The lowest BCUT2D eigenvalue weighted by Gasteiger charge is -2.29. The van der Waals surface area contributed by atoms with Crippen molar-refractivity contribution >= 4 is 24.2 Å². The van der Waals surface area contributed by atoms with Crippen molar-refractivity contribution in [2.75, 3.05) is 20.3 Å². The number of hydrogen-bond acceptors (Lipinski definition) is 11. The molecule has 238 valence electrons. The molecule has 1 unspecified atom stereocenters. The first kappa shape index (κ1) is 36.7. The van der Waals surface area contributed by atoms with Crippen LogP contribution >= 0.6 is 0 Å². The summed E-state index contributed by atoms with van der Waals surface area (Å²) in [5.41, 5.74) is 4.78. The van der Waals surface area contributed by atoms with Gasteiger partial charge < -0.3 is 34.2 Å². The molecule has 0 radical (unpaired) electrons. The van der Waals surface area contributed by atoms with Gasteiger partial charge in [-0.2, -0.15) is 0 Å². The molecule has 42 heavy (non-hydrogen) atoms. The van der Waals surface area contributed by atoms with Crippen LogP contribution in [0.3, 0.4) is 0 Å². The zero-order chi connectivity index (χ0) is 32.3. The third-order valence-electron chi connectivity index (χ3n) is 5.66. The van der Waals surface area contributed by atoms with Crippen molar-refractivity contribution in [3.05, 3.63) is 23.8 Å². The number of esters is 2. The van der Waals surface area contributed by atoms with Gasteiger partial charge in [0.1, 0.15) is 11.6 Å². The number of nitrogens with two attached hydrogens (primary N) is 1. The number of carbonyl (C=O) groups excluding carboxylic acids is 4. The summed E-state index contributed by atoms with van der Waals surface area (Å²) in [6, 6.07) is 4.37. The van der Waals surface area contributed by atoms with Gasteiger partial charge in [-0.1, -0.05) is 61.5 Å². The summed E-state index contributed by atoms with van der Waals surface area (Å²) in [5.74, 6) is -0.998. The zero-order valence-electron chi connectivity index (χ0n) is 26.8. The molecule has 0 aliphatic rings. The van der Waals surface area contributed by atoms with Gasteiger partial charge in [0.25, 0.3) is 0 Å². The first-order chi connectivity index (χ1) is 19.2. The van der Waals surface area contributed by atoms with E-state index in [1.807, 2.05) is 55.4 Å². The molecule has 1 rings (SSSR count). The molecule has 1 aromatic rings. The van der Waals surface area contributed by atoms with E-state index in [-0.39, 0.29) is 60.8 Å². The lowest BCUT2D eigenvalue weighted by atomic mass is 9.86. The Labute approximate surface area is 249 Å². The summed E-state index contributed by atoms with van der Waals surface area (Å²) in [4.78, 5) is 49.9. The Kier molecular flexibility index (Phi) is 13.8. The van der Waals surface area contributed by atoms with Crippen LogP contribution in [0.2, 0.25) is 0 Å². The largest absolute Gasteiger partial charge is 0.513 e. The third-order valence-corrected chi connectivity index (χ3v) is 5.66. The maximum atomic E-state index is 12.8. The highest BCUT2D eigenvalue weighted by Gasteiger charge is 2.38. The molecule has 2 N–H and O–H groups in total. The molecular weight excluding hydrogens is 546 g/mol. The minimum atomic E-state index is -1.59. The molecule has 0 heterocycles. The molecule has 0 aliphatic heterocycles. The molecule has 0 aromatic heterocycles. The quantitative estimate of drug-likeness (QED) is 0.163. The molecule has 0 aliphatic carbocycles. The Balaban J connectivity index is 3.23. The van der Waals surface area contributed by atoms with Crippen LogP contribution in [0.1, 0.15) is 87.1 Å². The number of methoxy groups -OCH3 is 1. The predicted octanol–water partition coefficient (Wildman–Crippen LogP) is 5.98. The van der Waals surface area contributed by atoms with Gasteiger partial charge in [0, 0.05) is 19.3 Å². The fourth-order valence-corrected chi connectivity index (χ4v) is 3.66. The lowest BCUT2D eigenvalue weighted by molar-refractivity contribution is -0.155. The van der Waals surface area contributed by atoms with Crippen LogP contribution in [0.5, 0.6) is 11.5 Å². The Morgan fingerprint density at radius 2 is 1.36 bits per heavy atom. The molecule has 0 saturated carbocycles. The molecule has 0 saturated heterocycles. The summed E-state index contributed by atoms with van der Waals surface area (Å²) in [5, 5.41) is 0. The van der Waals surface area contributed by atoms with Crippen LogP contribution in [0.15, 0.2) is 18.2 Å². The van der Waals surface area contributed by atoms with Crippen molar-refractivity contribution in [3.63, 3.8) is 0 Å². The molecule has 2 atom stereocenters. The van der Waals surface area contributed by atoms with Crippen LogP contribution in [0.25, 0.3) is 0 Å². The first-order valence-corrected chi connectivity index (χ1v) is 14.1. The fraction of sp³-hybridized carbons (Fsp3) is 0.677. The molecule has 0 bridgehead atoms. The second-order valence-electron chi connectivity index (χ2n) is 13.4. The summed E-state index contributed by atoms with van der Waals surface area (Å²) in [6.45, 7) is 17.2. The van der Waals surface area contributed by atoms with Gasteiger partial charge in [-0.25, -0.2) is 9.59 Å². The van der Waals surface area contributed by atoms with Gasteiger partial charge >= 0.3 is 24.2 Å². The van der Waals surface area contributed by atoms with Crippen LogP contribution in [-0.2, 0) is 35.0 Å². The van der Waals surface area contributed by atoms with E-state index >= 15 is 0 Å². The first-order valence-electron chi connectivity index (χ1n) is 14.1. The Hall–Kier alpha value is -3.34. The molecule has 1 aromatic carbocycles. The second-order valence-corrected chi connectivity index (χ2v) is 13.4. The number of carbonyl (C=O) groups is 4. The normalized spacial score (nSPS) is 13.9. The van der Waals surface area contributed by atoms with E-state index < -0.39 is 29.9 Å². The van der Waals surface area contributed by atoms with Gasteiger partial charge in [-0.3, -0.25) is 9.59 Å². The topological polar surface area (TPSA) is 150 Å². The van der Waals surface area contributed by atoms with Crippen LogP contribution in [0.4, 0.5) is 9.59 Å². The Morgan fingerprint density at radius 3 is 1.83 bits per heavy atom. The molecule has 0 amide bonds. The molecule has 0 fully saturated rings. The minimum Gasteiger partial charge on any atom is -0.468 e. The van der Waals surface area contributed by atoms with E-state index in [2.05, 4.69) is 0 Å². The third kappa shape index (κ3) is 14.5. The van der Waals surface area contributed by atoms with Gasteiger partial charge in [-0.15, -0.1) is 0 Å². The summed E-state index contributed by atoms with van der Waals surface area (Å²) < 4.78 is 31.5. The SMILES string of the molecule is COC(=O)[C@](N)(Cc1ccc(OC(=O)OCC(C)(C)C)c(OC(=O)OCC(C)(C)C)c1)CC(C)OC(=O)CCC(C)C. The molecular formula is C31H49NO10. The van der Waals surface area contributed by atoms with Crippen molar-refractivity contribution in [1.82, 2.24) is 0 Å². The van der Waals surface area contributed by atoms with Crippen molar-refractivity contribution in [1.29, 1.82) is 0 Å². The number of rotatable bonds is 13. The van der Waals surface area contributed by atoms with E-state index in [1.54, 1.807) is 13.0 Å². The predicted molar refractivity (Wildman–Crippen MR) is 156 cm³/mol. The fourth-order valence-electron chi connectivity index (χ4n) is 3.66. The summed E-state index contributed by atoms with van der Waals surface area (Å²) in [6.07, 6.45) is -1.86. The van der Waals surface area contributed by atoms with E-state index in [0.717, 1.165) is 0 Å². The Morgan fingerprint density at radius 1 is 0.833 bits per heavy atom. The maximum absolute atomic E-state index is 12.8. The average Bonchev–Trinajstić information content (AvgIpc) is 2.85. The standard InChI is InChI=1S/C31H49NO10/c1-20(2)11-14-25(33)40-21(3)16-31(32,26(34)37-10)17-22-12-13-23(41-27(35)38-18-29(4,5)6)24(15-22)42-28(36)39-19-30(7,8)9/h12-13,15,20-21H,11,14,16-19,32H2,1-10H3/t21?,31-/m1/s1. The highest BCUT2D eigenvalue weighted by Crippen LogP contribution is 2.32. The molecule has 11 nitrogen and oxygen atoms in total. The average molecular weight is 596 g/mol. The summed E-state index contributed by atoms with van der Waals surface area (Å²) >= 11 is 0. The smallest absolute Gasteiger partial charge is 0.468 e. The van der Waals surface area contributed by atoms with Crippen molar-refractivity contribution < 1.29 is 47.6 Å². The highest BCUT2D eigenvalue weighted by molar-refractivity contribution is 5.81. The number of ether oxygens (including phenoxy) is 6. The van der Waals surface area contributed by atoms with Crippen LogP contribution in [-0.4, -0.2) is 56.2 Å². The highest BCUT2D eigenvalue weighted by atomic mass is 16.7. The maximum Gasteiger partial charge on any atom is 0.513 e. The van der Waals surface area contributed by atoms with Crippen molar-refractivity contribution in [2.24, 2.45) is 22.5 Å². The van der Waals surface area contributed by atoms with Gasteiger partial charge in [0.05, 0.1) is 20.3 Å². The lowest BCUT2D eigenvalue weighted by Crippen LogP contribution is -2.53. The molecule has 0 spiro atoms. The van der Waals surface area contributed by atoms with Gasteiger partial charge in [0.2, 0.25) is 0 Å². The summed E-state index contributed by atoms with van der Waals surface area (Å²) in [7, 11) is 1.21. The van der Waals surface area contributed by atoms with Gasteiger partial charge in [0.15, 0.2) is 11.5 Å². The van der Waals surface area contributed by atoms with Crippen molar-refractivity contribution in [3.8, 4) is 11.5 Å². The number of benzene rings is 1. The second kappa shape index (κ2) is 15.8.